The summed E-state index contributed by atoms with van der Waals surface area (Å²) in [7, 11) is 0. The fourth-order valence-electron chi connectivity index (χ4n) is 5.25. The van der Waals surface area contributed by atoms with E-state index in [0.29, 0.717) is 45.7 Å². The second-order valence-corrected chi connectivity index (χ2v) is 11.3. The van der Waals surface area contributed by atoms with Gasteiger partial charge in [0.1, 0.15) is 5.69 Å². The third kappa shape index (κ3) is 5.08. The van der Waals surface area contributed by atoms with Crippen molar-refractivity contribution in [3.63, 3.8) is 0 Å². The van der Waals surface area contributed by atoms with Gasteiger partial charge in [0.05, 0.1) is 28.4 Å². The summed E-state index contributed by atoms with van der Waals surface area (Å²) in [5.41, 5.74) is 4.85. The quantitative estimate of drug-likeness (QED) is 0.293. The lowest BCUT2D eigenvalue weighted by molar-refractivity contribution is -0.132. The number of piperazine rings is 1. The molecule has 0 N–H and O–H groups in total. The number of benzene rings is 2. The first-order chi connectivity index (χ1) is 19.4. The third-order valence-electron chi connectivity index (χ3n) is 7.35. The van der Waals surface area contributed by atoms with Gasteiger partial charge in [0.2, 0.25) is 5.91 Å². The number of rotatable bonds is 6. The van der Waals surface area contributed by atoms with Crippen LogP contribution in [-0.4, -0.2) is 61.1 Å². The molecule has 0 aliphatic carbocycles. The maximum Gasteiger partial charge on any atom is 0.268 e. The number of para-hydroxylation sites is 1. The molecule has 40 heavy (non-hydrogen) atoms. The van der Waals surface area contributed by atoms with Crippen molar-refractivity contribution < 1.29 is 4.79 Å². The number of amides is 1. The van der Waals surface area contributed by atoms with E-state index in [9.17, 15) is 9.59 Å². The second-order valence-electron chi connectivity index (χ2n) is 10.1. The summed E-state index contributed by atoms with van der Waals surface area (Å²) in [6.45, 7) is 7.61. The van der Waals surface area contributed by atoms with Crippen molar-refractivity contribution >= 4 is 33.8 Å². The highest BCUT2D eigenvalue weighted by molar-refractivity contribution is 7.15. The summed E-state index contributed by atoms with van der Waals surface area (Å²) < 4.78 is 3.31. The van der Waals surface area contributed by atoms with Gasteiger partial charge in [-0.25, -0.2) is 9.67 Å². The predicted octanol–water partition coefficient (Wildman–Crippen LogP) is 4.77. The molecule has 5 aromatic rings. The Bertz CT molecular complexity index is 1750. The van der Waals surface area contributed by atoms with Gasteiger partial charge < -0.3 is 4.90 Å². The Kier molecular flexibility index (Phi) is 7.27. The Labute approximate surface area is 241 Å². The maximum atomic E-state index is 13.9. The molecule has 0 spiro atoms. The average Bonchev–Trinajstić information content (AvgIpc) is 3.53. The zero-order valence-corrected chi connectivity index (χ0v) is 24.0. The second kappa shape index (κ2) is 11.0. The fraction of sp³-hybridized carbons (Fsp3) is 0.267. The van der Waals surface area contributed by atoms with E-state index in [1.54, 1.807) is 9.08 Å². The molecule has 204 valence electrons. The SMILES string of the molecule is Cc1nc2scc(CC(=O)N3CCN(Cc4ccccc4)CC3)n2c(=O)c1-c1cc(C)n(-c2ccccc2Cl)n1. The molecule has 0 radical (unpaired) electrons. The van der Waals surface area contributed by atoms with Crippen LogP contribution in [0.4, 0.5) is 0 Å². The number of fused-ring (bicyclic) bond motifs is 1. The summed E-state index contributed by atoms with van der Waals surface area (Å²) in [6, 6.07) is 19.7. The van der Waals surface area contributed by atoms with E-state index in [0.717, 1.165) is 31.0 Å². The number of halogens is 1. The monoisotopic (exact) mass is 572 g/mol. The molecule has 0 atom stereocenters. The minimum atomic E-state index is -0.219. The zero-order valence-electron chi connectivity index (χ0n) is 22.4. The minimum absolute atomic E-state index is 0.0203. The summed E-state index contributed by atoms with van der Waals surface area (Å²) >= 11 is 7.79. The van der Waals surface area contributed by atoms with Gasteiger partial charge in [0.25, 0.3) is 5.56 Å². The van der Waals surface area contributed by atoms with Crippen molar-refractivity contribution in [2.45, 2.75) is 26.8 Å². The lowest BCUT2D eigenvalue weighted by Gasteiger charge is -2.34. The number of nitrogens with zero attached hydrogens (tertiary/aromatic N) is 6. The summed E-state index contributed by atoms with van der Waals surface area (Å²) in [4.78, 5) is 36.7. The fourth-order valence-corrected chi connectivity index (χ4v) is 6.39. The number of hydrogen-bond acceptors (Lipinski definition) is 6. The lowest BCUT2D eigenvalue weighted by Crippen LogP contribution is -2.48. The largest absolute Gasteiger partial charge is 0.340 e. The highest BCUT2D eigenvalue weighted by Crippen LogP contribution is 2.26. The Morgan fingerprint density at radius 1 is 1.00 bits per heavy atom. The molecule has 10 heteroatoms. The van der Waals surface area contributed by atoms with Crippen molar-refractivity contribution in [1.82, 2.24) is 29.0 Å². The molecule has 6 rings (SSSR count). The van der Waals surface area contributed by atoms with Crippen molar-refractivity contribution in [3.8, 4) is 16.9 Å². The van der Waals surface area contributed by atoms with Crippen LogP contribution in [0.2, 0.25) is 5.02 Å². The van der Waals surface area contributed by atoms with Gasteiger partial charge in [0.15, 0.2) is 4.96 Å². The first-order valence-electron chi connectivity index (χ1n) is 13.2. The molecule has 8 nitrogen and oxygen atoms in total. The number of carbonyl (C=O) groups excluding carboxylic acids is 1. The third-order valence-corrected chi connectivity index (χ3v) is 8.55. The van der Waals surface area contributed by atoms with Gasteiger partial charge in [-0.2, -0.15) is 5.10 Å². The summed E-state index contributed by atoms with van der Waals surface area (Å²) in [5, 5.41) is 7.16. The lowest BCUT2D eigenvalue weighted by atomic mass is 10.1. The molecule has 1 saturated heterocycles. The highest BCUT2D eigenvalue weighted by atomic mass is 35.5. The van der Waals surface area contributed by atoms with Gasteiger partial charge >= 0.3 is 0 Å². The normalized spacial score (nSPS) is 14.2. The number of carbonyl (C=O) groups is 1. The van der Waals surface area contributed by atoms with Crippen LogP contribution in [0.3, 0.4) is 0 Å². The molecule has 4 heterocycles. The Hall–Kier alpha value is -3.79. The molecule has 3 aromatic heterocycles. The molecular formula is C30H29ClN6O2S. The first-order valence-corrected chi connectivity index (χ1v) is 14.5. The molecular weight excluding hydrogens is 544 g/mol. The van der Waals surface area contributed by atoms with E-state index >= 15 is 0 Å². The van der Waals surface area contributed by atoms with Gasteiger partial charge in [-0.3, -0.25) is 18.9 Å². The number of hydrogen-bond donors (Lipinski definition) is 0. The van der Waals surface area contributed by atoms with Gasteiger partial charge in [-0.15, -0.1) is 11.3 Å². The Balaban J connectivity index is 1.23. The number of aryl methyl sites for hydroxylation is 2. The van der Waals surface area contributed by atoms with Crippen molar-refractivity contribution in [3.05, 3.63) is 104 Å². The van der Waals surface area contributed by atoms with Crippen molar-refractivity contribution in [2.75, 3.05) is 26.2 Å². The van der Waals surface area contributed by atoms with Crippen LogP contribution in [0.15, 0.2) is 70.8 Å². The minimum Gasteiger partial charge on any atom is -0.340 e. The smallest absolute Gasteiger partial charge is 0.268 e. The van der Waals surface area contributed by atoms with E-state index in [1.165, 1.54) is 16.9 Å². The van der Waals surface area contributed by atoms with Crippen LogP contribution >= 0.6 is 22.9 Å². The van der Waals surface area contributed by atoms with Crippen LogP contribution in [0, 0.1) is 13.8 Å². The van der Waals surface area contributed by atoms with E-state index in [2.05, 4.69) is 29.2 Å². The van der Waals surface area contributed by atoms with E-state index in [1.807, 2.05) is 60.5 Å². The van der Waals surface area contributed by atoms with Crippen LogP contribution < -0.4 is 5.56 Å². The summed E-state index contributed by atoms with van der Waals surface area (Å²) in [5.74, 6) is 0.0203. The highest BCUT2D eigenvalue weighted by Gasteiger charge is 2.24. The standard InChI is InChI=1S/C30H29ClN6O2S/c1-20-16-25(33-37(20)26-11-7-6-10-24(26)31)28-21(2)32-30-36(29(28)39)23(19-40-30)17-27(38)35-14-12-34(13-15-35)18-22-8-4-3-5-9-22/h3-11,16,19H,12-15,17-18H2,1-2H3. The molecule has 0 unspecified atom stereocenters. The molecule has 0 saturated carbocycles. The molecule has 2 aromatic carbocycles. The van der Waals surface area contributed by atoms with Crippen molar-refractivity contribution in [1.29, 1.82) is 0 Å². The van der Waals surface area contributed by atoms with E-state index in [-0.39, 0.29) is 17.9 Å². The van der Waals surface area contributed by atoms with Crippen LogP contribution in [0.1, 0.15) is 22.6 Å². The average molecular weight is 573 g/mol. The first kappa shape index (κ1) is 26.4. The molecule has 1 aliphatic rings. The Morgan fingerprint density at radius 2 is 1.73 bits per heavy atom. The van der Waals surface area contributed by atoms with Crippen LogP contribution in [-0.2, 0) is 17.8 Å². The molecule has 1 aliphatic heterocycles. The predicted molar refractivity (Wildman–Crippen MR) is 158 cm³/mol. The molecule has 1 fully saturated rings. The zero-order chi connectivity index (χ0) is 27.8. The van der Waals surface area contributed by atoms with Gasteiger partial charge in [-0.1, -0.05) is 54.1 Å². The van der Waals surface area contributed by atoms with Gasteiger partial charge in [-0.05, 0) is 37.6 Å². The van der Waals surface area contributed by atoms with E-state index < -0.39 is 0 Å². The Morgan fingerprint density at radius 3 is 2.48 bits per heavy atom. The summed E-state index contributed by atoms with van der Waals surface area (Å²) in [6.07, 6.45) is 0.149. The number of aromatic nitrogens is 4. The van der Waals surface area contributed by atoms with Crippen LogP contribution in [0.5, 0.6) is 0 Å². The molecule has 1 amide bonds. The molecule has 0 bridgehead atoms. The van der Waals surface area contributed by atoms with Gasteiger partial charge in [0, 0.05) is 49.5 Å². The maximum absolute atomic E-state index is 13.9. The van der Waals surface area contributed by atoms with Crippen LogP contribution in [0.25, 0.3) is 21.9 Å². The van der Waals surface area contributed by atoms with E-state index in [4.69, 9.17) is 21.7 Å². The topological polar surface area (TPSA) is 75.7 Å². The number of thiazole rings is 1. The van der Waals surface area contributed by atoms with Crippen molar-refractivity contribution in [2.24, 2.45) is 0 Å².